The molecule has 0 radical (unpaired) electrons. The maximum absolute atomic E-state index is 12.7. The number of ether oxygens (including phenoxy) is 1. The molecule has 1 amide bonds. The number of rotatable bonds is 5. The Morgan fingerprint density at radius 1 is 1.04 bits per heavy atom. The first-order valence-corrected chi connectivity index (χ1v) is 9.63. The highest BCUT2D eigenvalue weighted by Gasteiger charge is 2.21. The van der Waals surface area contributed by atoms with Crippen LogP contribution >= 0.6 is 11.3 Å². The zero-order valence-corrected chi connectivity index (χ0v) is 15.9. The van der Waals surface area contributed by atoms with E-state index in [1.54, 1.807) is 25.1 Å². The first kappa shape index (κ1) is 18.0. The molecule has 2 aromatic heterocycles. The molecule has 0 saturated carbocycles. The summed E-state index contributed by atoms with van der Waals surface area (Å²) in [6.07, 6.45) is 0. The maximum Gasteiger partial charge on any atom is 0.350 e. The minimum absolute atomic E-state index is 0.184. The van der Waals surface area contributed by atoms with Gasteiger partial charge in [0.1, 0.15) is 10.5 Å². The zero-order chi connectivity index (χ0) is 19.5. The van der Waals surface area contributed by atoms with Crippen LogP contribution in [0.5, 0.6) is 0 Å². The lowest BCUT2D eigenvalue weighted by molar-refractivity contribution is 0.0533. The minimum atomic E-state index is -0.463. The van der Waals surface area contributed by atoms with Crippen molar-refractivity contribution in [3.05, 3.63) is 77.4 Å². The van der Waals surface area contributed by atoms with Gasteiger partial charge in [-0.05, 0) is 30.7 Å². The third kappa shape index (κ3) is 3.54. The summed E-state index contributed by atoms with van der Waals surface area (Å²) < 4.78 is 10.8. The van der Waals surface area contributed by atoms with E-state index < -0.39 is 11.9 Å². The minimum Gasteiger partial charge on any atom is -0.462 e. The van der Waals surface area contributed by atoms with Gasteiger partial charge in [-0.1, -0.05) is 48.5 Å². The Bertz CT molecular complexity index is 1110. The molecule has 0 fully saturated rings. The van der Waals surface area contributed by atoms with Gasteiger partial charge in [0.15, 0.2) is 5.76 Å². The molecule has 0 aliphatic heterocycles. The summed E-state index contributed by atoms with van der Waals surface area (Å²) in [5.41, 5.74) is 2.00. The molecule has 0 aliphatic carbocycles. The van der Waals surface area contributed by atoms with Gasteiger partial charge in [-0.25, -0.2) is 4.79 Å². The van der Waals surface area contributed by atoms with Gasteiger partial charge in [0, 0.05) is 10.3 Å². The molecule has 4 rings (SSSR count). The Morgan fingerprint density at radius 3 is 2.54 bits per heavy atom. The Hall–Kier alpha value is -3.38. The molecule has 4 aromatic rings. The van der Waals surface area contributed by atoms with Crippen molar-refractivity contribution < 1.29 is 18.7 Å². The van der Waals surface area contributed by atoms with Crippen LogP contribution in [0.4, 0.5) is 5.69 Å². The predicted octanol–water partition coefficient (Wildman–Crippen LogP) is 5.59. The predicted molar refractivity (Wildman–Crippen MR) is 110 cm³/mol. The smallest absolute Gasteiger partial charge is 0.350 e. The molecule has 2 aromatic carbocycles. The summed E-state index contributed by atoms with van der Waals surface area (Å²) in [5, 5.41) is 3.64. The van der Waals surface area contributed by atoms with Crippen molar-refractivity contribution in [2.24, 2.45) is 0 Å². The van der Waals surface area contributed by atoms with E-state index in [1.807, 2.05) is 48.5 Å². The van der Waals surface area contributed by atoms with Gasteiger partial charge >= 0.3 is 5.97 Å². The Balaban J connectivity index is 1.67. The van der Waals surface area contributed by atoms with Gasteiger partial charge in [0.2, 0.25) is 0 Å². The van der Waals surface area contributed by atoms with Crippen molar-refractivity contribution in [3.8, 4) is 10.4 Å². The number of amides is 1. The number of carbonyl (C=O) groups is 2. The van der Waals surface area contributed by atoms with Gasteiger partial charge in [0.25, 0.3) is 5.91 Å². The Labute approximate surface area is 165 Å². The largest absolute Gasteiger partial charge is 0.462 e. The lowest BCUT2D eigenvalue weighted by Crippen LogP contribution is -2.13. The summed E-state index contributed by atoms with van der Waals surface area (Å²) >= 11 is 1.28. The quantitative estimate of drug-likeness (QED) is 0.450. The molecule has 0 unspecified atom stereocenters. The number of benzene rings is 2. The lowest BCUT2D eigenvalue weighted by atomic mass is 10.2. The number of nitrogens with one attached hydrogen (secondary N) is 1. The second-order valence-electron chi connectivity index (χ2n) is 6.04. The van der Waals surface area contributed by atoms with Crippen LogP contribution in [0.1, 0.15) is 27.2 Å². The van der Waals surface area contributed by atoms with E-state index in [-0.39, 0.29) is 12.4 Å². The van der Waals surface area contributed by atoms with Crippen LogP contribution in [-0.2, 0) is 4.74 Å². The van der Waals surface area contributed by atoms with Crippen molar-refractivity contribution in [1.82, 2.24) is 0 Å². The molecular weight excluding hydrogens is 374 g/mol. The van der Waals surface area contributed by atoms with Gasteiger partial charge in [-0.2, -0.15) is 0 Å². The summed E-state index contributed by atoms with van der Waals surface area (Å²) in [5.74, 6) is -0.697. The second-order valence-corrected chi connectivity index (χ2v) is 7.09. The Kier molecular flexibility index (Phi) is 4.95. The highest BCUT2D eigenvalue weighted by molar-refractivity contribution is 7.18. The average Bonchev–Trinajstić information content (AvgIpc) is 3.33. The fraction of sp³-hybridized carbons (Fsp3) is 0.0909. The van der Waals surface area contributed by atoms with E-state index in [4.69, 9.17) is 9.15 Å². The van der Waals surface area contributed by atoms with Gasteiger partial charge in [0.05, 0.1) is 12.3 Å². The topological polar surface area (TPSA) is 68.5 Å². The number of fused-ring (bicyclic) bond motifs is 1. The molecule has 0 spiro atoms. The molecule has 140 valence electrons. The van der Waals surface area contributed by atoms with Crippen LogP contribution in [0.3, 0.4) is 0 Å². The highest BCUT2D eigenvalue weighted by atomic mass is 32.1. The standard InChI is InChI=1S/C22H17NO4S/c1-2-26-22(25)20-16(13-19(28-20)14-8-4-3-5-9-14)23-21(24)18-12-15-10-6-7-11-17(15)27-18/h3-13H,2H2,1H3,(H,23,24). The lowest BCUT2D eigenvalue weighted by Gasteiger charge is -2.04. The fourth-order valence-electron chi connectivity index (χ4n) is 2.85. The van der Waals surface area contributed by atoms with Gasteiger partial charge in [-0.3, -0.25) is 4.79 Å². The third-order valence-corrected chi connectivity index (χ3v) is 5.31. The number of carbonyl (C=O) groups excluding carboxylic acids is 2. The van der Waals surface area contributed by atoms with Gasteiger partial charge < -0.3 is 14.5 Å². The third-order valence-electron chi connectivity index (χ3n) is 4.15. The zero-order valence-electron chi connectivity index (χ0n) is 15.1. The first-order chi connectivity index (χ1) is 13.7. The number of esters is 1. The Morgan fingerprint density at radius 2 is 1.79 bits per heavy atom. The highest BCUT2D eigenvalue weighted by Crippen LogP contribution is 2.35. The van der Waals surface area contributed by atoms with E-state index in [2.05, 4.69) is 5.32 Å². The van der Waals surface area contributed by atoms with Crippen molar-refractivity contribution in [3.63, 3.8) is 0 Å². The SMILES string of the molecule is CCOC(=O)c1sc(-c2ccccc2)cc1NC(=O)c1cc2ccccc2o1. The molecule has 2 heterocycles. The second kappa shape index (κ2) is 7.70. The molecule has 0 bridgehead atoms. The summed E-state index contributed by atoms with van der Waals surface area (Å²) in [6, 6.07) is 20.5. The van der Waals surface area contributed by atoms with E-state index in [0.29, 0.717) is 16.1 Å². The molecule has 28 heavy (non-hydrogen) atoms. The van der Waals surface area contributed by atoms with Crippen LogP contribution in [0.25, 0.3) is 21.4 Å². The van der Waals surface area contributed by atoms with Gasteiger partial charge in [-0.15, -0.1) is 11.3 Å². The van der Waals surface area contributed by atoms with E-state index in [9.17, 15) is 9.59 Å². The number of para-hydroxylation sites is 1. The number of anilines is 1. The first-order valence-electron chi connectivity index (χ1n) is 8.82. The average molecular weight is 391 g/mol. The maximum atomic E-state index is 12.7. The van der Waals surface area contributed by atoms with Crippen LogP contribution in [0.15, 0.2) is 71.1 Å². The van der Waals surface area contributed by atoms with Crippen molar-refractivity contribution in [2.75, 3.05) is 11.9 Å². The van der Waals surface area contributed by atoms with Crippen LogP contribution in [0.2, 0.25) is 0 Å². The fourth-order valence-corrected chi connectivity index (χ4v) is 3.87. The van der Waals surface area contributed by atoms with Crippen LogP contribution in [-0.4, -0.2) is 18.5 Å². The number of hydrogen-bond acceptors (Lipinski definition) is 5. The van der Waals surface area contributed by atoms with Crippen molar-refractivity contribution in [1.29, 1.82) is 0 Å². The molecule has 0 saturated heterocycles. The van der Waals surface area contributed by atoms with E-state index in [0.717, 1.165) is 15.8 Å². The molecule has 1 N–H and O–H groups in total. The van der Waals surface area contributed by atoms with Crippen LogP contribution < -0.4 is 5.32 Å². The van der Waals surface area contributed by atoms with Crippen molar-refractivity contribution >= 4 is 39.9 Å². The molecule has 6 heteroatoms. The monoisotopic (exact) mass is 391 g/mol. The summed E-state index contributed by atoms with van der Waals surface area (Å²) in [4.78, 5) is 26.3. The normalized spacial score (nSPS) is 10.8. The van der Waals surface area contributed by atoms with E-state index in [1.165, 1.54) is 11.3 Å². The van der Waals surface area contributed by atoms with Crippen LogP contribution in [0, 0.1) is 0 Å². The van der Waals surface area contributed by atoms with E-state index >= 15 is 0 Å². The van der Waals surface area contributed by atoms with Crippen molar-refractivity contribution in [2.45, 2.75) is 6.92 Å². The summed E-state index contributed by atoms with van der Waals surface area (Å²) in [6.45, 7) is 2.00. The molecule has 5 nitrogen and oxygen atoms in total. The molecule has 0 atom stereocenters. The molecule has 0 aliphatic rings. The number of thiophene rings is 1. The number of hydrogen-bond donors (Lipinski definition) is 1. The summed E-state index contributed by atoms with van der Waals surface area (Å²) in [7, 11) is 0. The number of furan rings is 1. The molecular formula is C22H17NO4S.